The fourth-order valence-electron chi connectivity index (χ4n) is 1.11. The summed E-state index contributed by atoms with van der Waals surface area (Å²) in [5.41, 5.74) is -1.69. The molecule has 0 N–H and O–H groups in total. The van der Waals surface area contributed by atoms with E-state index in [1.165, 1.54) is 0 Å². The molecule has 16 heavy (non-hydrogen) atoms. The van der Waals surface area contributed by atoms with Gasteiger partial charge in [-0.05, 0) is 0 Å². The number of aromatic nitrogens is 1. The lowest BCUT2D eigenvalue weighted by Crippen LogP contribution is -2.10. The largest absolute Gasteiger partial charge is 0.479 e. The number of hydrogen-bond donors (Lipinski definition) is 0. The average Bonchev–Trinajstić information content (AvgIpc) is 2.26. The van der Waals surface area contributed by atoms with E-state index in [-0.39, 0.29) is 0 Å². The van der Waals surface area contributed by atoms with Crippen molar-refractivity contribution in [3.8, 4) is 5.88 Å². The van der Waals surface area contributed by atoms with E-state index in [0.717, 1.165) is 20.4 Å². The summed E-state index contributed by atoms with van der Waals surface area (Å²) in [5.74, 6) is -3.03. The van der Waals surface area contributed by atoms with Crippen molar-refractivity contribution >= 4 is 5.97 Å². The van der Waals surface area contributed by atoms with E-state index >= 15 is 0 Å². The monoisotopic (exact) mass is 235 g/mol. The van der Waals surface area contributed by atoms with Gasteiger partial charge in [0.25, 0.3) is 12.3 Å². The molecule has 0 saturated carbocycles. The molecule has 0 amide bonds. The SMILES string of the molecule is COC(=O)c1cnc(OC)c(F)c1C(F)F. The number of alkyl halides is 2. The Balaban J connectivity index is 3.40. The third kappa shape index (κ3) is 2.07. The van der Waals surface area contributed by atoms with Crippen molar-refractivity contribution in [2.24, 2.45) is 0 Å². The maximum absolute atomic E-state index is 13.4. The smallest absolute Gasteiger partial charge is 0.340 e. The lowest BCUT2D eigenvalue weighted by atomic mass is 10.1. The summed E-state index contributed by atoms with van der Waals surface area (Å²) < 4.78 is 47.2. The quantitative estimate of drug-likeness (QED) is 0.751. The number of pyridine rings is 1. The summed E-state index contributed by atoms with van der Waals surface area (Å²) in [5, 5.41) is 0. The molecule has 0 unspecified atom stereocenters. The molecule has 0 aromatic carbocycles. The zero-order chi connectivity index (χ0) is 12.3. The molecule has 1 aromatic heterocycles. The molecule has 0 saturated heterocycles. The molecule has 0 fully saturated rings. The van der Waals surface area contributed by atoms with Crippen molar-refractivity contribution in [1.82, 2.24) is 4.98 Å². The van der Waals surface area contributed by atoms with E-state index in [9.17, 15) is 18.0 Å². The lowest BCUT2D eigenvalue weighted by molar-refractivity contribution is 0.0586. The number of ether oxygens (including phenoxy) is 2. The van der Waals surface area contributed by atoms with Crippen LogP contribution in [0.5, 0.6) is 5.88 Å². The van der Waals surface area contributed by atoms with Crippen LogP contribution >= 0.6 is 0 Å². The predicted octanol–water partition coefficient (Wildman–Crippen LogP) is 1.95. The summed E-state index contributed by atoms with van der Waals surface area (Å²) in [6.07, 6.45) is -2.37. The van der Waals surface area contributed by atoms with Crippen molar-refractivity contribution in [3.63, 3.8) is 0 Å². The van der Waals surface area contributed by atoms with Gasteiger partial charge in [0.05, 0.1) is 25.3 Å². The van der Waals surface area contributed by atoms with Crippen molar-refractivity contribution in [2.75, 3.05) is 14.2 Å². The predicted molar refractivity (Wildman–Crippen MR) is 47.0 cm³/mol. The van der Waals surface area contributed by atoms with Crippen molar-refractivity contribution in [2.45, 2.75) is 6.43 Å². The van der Waals surface area contributed by atoms with Crippen LogP contribution in [0.4, 0.5) is 13.2 Å². The van der Waals surface area contributed by atoms with Crippen LogP contribution in [0.15, 0.2) is 6.20 Å². The first-order valence-corrected chi connectivity index (χ1v) is 4.11. The van der Waals surface area contributed by atoms with E-state index in [1.54, 1.807) is 0 Å². The minimum Gasteiger partial charge on any atom is -0.479 e. The summed E-state index contributed by atoms with van der Waals surface area (Å²) >= 11 is 0. The molecule has 0 bridgehead atoms. The minimum atomic E-state index is -3.16. The van der Waals surface area contributed by atoms with E-state index < -0.39 is 35.2 Å². The molecule has 1 aromatic rings. The topological polar surface area (TPSA) is 48.4 Å². The number of nitrogens with zero attached hydrogens (tertiary/aromatic N) is 1. The van der Waals surface area contributed by atoms with Gasteiger partial charge < -0.3 is 9.47 Å². The molecule has 0 spiro atoms. The van der Waals surface area contributed by atoms with Crippen molar-refractivity contribution in [1.29, 1.82) is 0 Å². The maximum atomic E-state index is 13.4. The Kier molecular flexibility index (Phi) is 3.70. The second-order valence-electron chi connectivity index (χ2n) is 2.70. The van der Waals surface area contributed by atoms with Crippen LogP contribution in [0.2, 0.25) is 0 Å². The van der Waals surface area contributed by atoms with Gasteiger partial charge in [0.2, 0.25) is 0 Å². The number of rotatable bonds is 3. The molecule has 0 atom stereocenters. The van der Waals surface area contributed by atoms with Gasteiger partial charge in [0.15, 0.2) is 5.82 Å². The van der Waals surface area contributed by atoms with Crippen LogP contribution in [-0.2, 0) is 4.74 Å². The first-order chi connectivity index (χ1) is 7.52. The molecule has 0 radical (unpaired) electrons. The first-order valence-electron chi connectivity index (χ1n) is 4.11. The molecule has 1 rings (SSSR count). The second kappa shape index (κ2) is 4.82. The normalized spacial score (nSPS) is 10.4. The fourth-order valence-corrected chi connectivity index (χ4v) is 1.11. The van der Waals surface area contributed by atoms with Crippen molar-refractivity contribution < 1.29 is 27.4 Å². The first kappa shape index (κ1) is 12.3. The van der Waals surface area contributed by atoms with E-state index in [0.29, 0.717) is 0 Å². The van der Waals surface area contributed by atoms with Crippen LogP contribution in [0.3, 0.4) is 0 Å². The highest BCUT2D eigenvalue weighted by Gasteiger charge is 2.26. The number of esters is 1. The Morgan fingerprint density at radius 2 is 2.06 bits per heavy atom. The van der Waals surface area contributed by atoms with Gasteiger partial charge in [-0.1, -0.05) is 0 Å². The number of hydrogen-bond acceptors (Lipinski definition) is 4. The van der Waals surface area contributed by atoms with Crippen LogP contribution < -0.4 is 4.74 Å². The number of carbonyl (C=O) groups excluding carboxylic acids is 1. The minimum absolute atomic E-state index is 0.594. The third-order valence-corrected chi connectivity index (χ3v) is 1.84. The summed E-state index contributed by atoms with van der Waals surface area (Å²) in [4.78, 5) is 14.5. The van der Waals surface area contributed by atoms with Gasteiger partial charge >= 0.3 is 5.97 Å². The van der Waals surface area contributed by atoms with Crippen LogP contribution in [0.25, 0.3) is 0 Å². The van der Waals surface area contributed by atoms with Crippen LogP contribution in [0.1, 0.15) is 22.3 Å². The van der Waals surface area contributed by atoms with E-state index in [1.807, 2.05) is 0 Å². The standard InChI is InChI=1S/C9H8F3NO3/c1-15-8-6(10)5(7(11)12)4(3-13-8)9(14)16-2/h3,7H,1-2H3. The van der Waals surface area contributed by atoms with Gasteiger partial charge in [-0.25, -0.2) is 22.9 Å². The van der Waals surface area contributed by atoms with Gasteiger partial charge in [0, 0.05) is 6.20 Å². The molecule has 0 aliphatic rings. The third-order valence-electron chi connectivity index (χ3n) is 1.84. The zero-order valence-electron chi connectivity index (χ0n) is 8.46. The summed E-state index contributed by atoms with van der Waals surface area (Å²) in [7, 11) is 2.08. The highest BCUT2D eigenvalue weighted by molar-refractivity contribution is 5.91. The molecule has 7 heteroatoms. The Morgan fingerprint density at radius 1 is 1.44 bits per heavy atom. The zero-order valence-corrected chi connectivity index (χ0v) is 8.46. The maximum Gasteiger partial charge on any atom is 0.340 e. The van der Waals surface area contributed by atoms with Crippen molar-refractivity contribution in [3.05, 3.63) is 23.1 Å². The van der Waals surface area contributed by atoms with Gasteiger partial charge in [-0.3, -0.25) is 0 Å². The Labute approximate surface area is 89.0 Å². The Bertz CT molecular complexity index is 409. The molecule has 88 valence electrons. The molecule has 1 heterocycles. The van der Waals surface area contributed by atoms with Gasteiger partial charge in [-0.2, -0.15) is 0 Å². The fraction of sp³-hybridized carbons (Fsp3) is 0.333. The lowest BCUT2D eigenvalue weighted by Gasteiger charge is -2.09. The Morgan fingerprint density at radius 3 is 2.50 bits per heavy atom. The van der Waals surface area contributed by atoms with E-state index in [4.69, 9.17) is 0 Å². The van der Waals surface area contributed by atoms with Crippen LogP contribution in [-0.4, -0.2) is 25.2 Å². The second-order valence-corrected chi connectivity index (χ2v) is 2.70. The molecular formula is C9H8F3NO3. The number of halogens is 3. The summed E-state index contributed by atoms with van der Waals surface area (Å²) in [6, 6.07) is 0. The number of methoxy groups -OCH3 is 2. The molecule has 4 nitrogen and oxygen atoms in total. The molecule has 0 aliphatic carbocycles. The Hall–Kier alpha value is -1.79. The number of carbonyl (C=O) groups is 1. The average molecular weight is 235 g/mol. The van der Waals surface area contributed by atoms with Gasteiger partial charge in [0.1, 0.15) is 0 Å². The van der Waals surface area contributed by atoms with E-state index in [2.05, 4.69) is 14.5 Å². The molecule has 0 aliphatic heterocycles. The summed E-state index contributed by atoms with van der Waals surface area (Å²) in [6.45, 7) is 0. The molecular weight excluding hydrogens is 227 g/mol. The van der Waals surface area contributed by atoms with Crippen LogP contribution in [0, 0.1) is 5.82 Å². The highest BCUT2D eigenvalue weighted by Crippen LogP contribution is 2.30. The van der Waals surface area contributed by atoms with Gasteiger partial charge in [-0.15, -0.1) is 0 Å². The highest BCUT2D eigenvalue weighted by atomic mass is 19.3.